The monoisotopic (exact) mass is 600 g/mol. The number of allylic oxidation sites excluding steroid dienone is 2. The van der Waals surface area contributed by atoms with E-state index in [1.54, 1.807) is 0 Å². The van der Waals surface area contributed by atoms with Gasteiger partial charge >= 0.3 is 23.9 Å². The molecule has 0 saturated heterocycles. The van der Waals surface area contributed by atoms with Gasteiger partial charge < -0.3 is 19.3 Å². The highest BCUT2D eigenvalue weighted by atomic mass is 16.6. The van der Waals surface area contributed by atoms with Crippen molar-refractivity contribution in [3.8, 4) is 0 Å². The molecule has 5 aliphatic rings. The van der Waals surface area contributed by atoms with Crippen molar-refractivity contribution in [3.63, 3.8) is 0 Å². The molecule has 5 rings (SSSR count). The van der Waals surface area contributed by atoms with Crippen LogP contribution in [0.4, 0.5) is 0 Å². The van der Waals surface area contributed by atoms with E-state index in [9.17, 15) is 24.3 Å². The number of fused-ring (bicyclic) bond motifs is 7. The lowest BCUT2D eigenvalue weighted by molar-refractivity contribution is -0.226. The van der Waals surface area contributed by atoms with Crippen LogP contribution in [0.15, 0.2) is 11.6 Å². The molecule has 4 saturated carbocycles. The largest absolute Gasteiger partial charge is 0.481 e. The zero-order chi connectivity index (χ0) is 31.8. The standard InChI is InChI=1S/C35H52O8/c1-21(36)42-20-32(5)25-11-14-34(7)26(31(25,4)13-12-27(32)43-22(2)37)10-9-23-24-19-30(3,28(38)39)15-17-35(24,29(40)41-8)18-16-33(23,34)6/h9,24-27H,10-20H2,1-8H3,(H,38,39)/t24-,25+,26+,27?,30-,31-,32-,33+,34+,35-/m0/s1. The van der Waals surface area contributed by atoms with Gasteiger partial charge in [0.25, 0.3) is 0 Å². The Balaban J connectivity index is 1.57. The molecule has 10 atom stereocenters. The van der Waals surface area contributed by atoms with Crippen LogP contribution >= 0.6 is 0 Å². The van der Waals surface area contributed by atoms with E-state index < -0.39 is 22.2 Å². The highest BCUT2D eigenvalue weighted by Crippen LogP contribution is 2.76. The number of carbonyl (C=O) groups excluding carboxylic acids is 3. The van der Waals surface area contributed by atoms with E-state index in [1.807, 2.05) is 6.92 Å². The maximum atomic E-state index is 13.5. The minimum absolute atomic E-state index is 0.0711. The second kappa shape index (κ2) is 10.3. The van der Waals surface area contributed by atoms with Crippen molar-refractivity contribution in [1.29, 1.82) is 0 Å². The maximum Gasteiger partial charge on any atom is 0.312 e. The molecule has 0 spiro atoms. The van der Waals surface area contributed by atoms with E-state index >= 15 is 0 Å². The first-order valence-corrected chi connectivity index (χ1v) is 16.3. The average molecular weight is 601 g/mol. The van der Waals surface area contributed by atoms with E-state index in [4.69, 9.17) is 14.2 Å². The van der Waals surface area contributed by atoms with Crippen LogP contribution in [0.5, 0.6) is 0 Å². The Labute approximate surface area is 256 Å². The first-order chi connectivity index (χ1) is 19.9. The Morgan fingerprint density at radius 1 is 0.884 bits per heavy atom. The molecule has 1 unspecified atom stereocenters. The molecule has 4 fully saturated rings. The number of aliphatic carboxylic acids is 1. The fourth-order valence-corrected chi connectivity index (χ4v) is 11.5. The molecule has 0 radical (unpaired) electrons. The van der Waals surface area contributed by atoms with E-state index in [2.05, 4.69) is 33.8 Å². The highest BCUT2D eigenvalue weighted by molar-refractivity contribution is 5.80. The summed E-state index contributed by atoms with van der Waals surface area (Å²) in [5, 5.41) is 10.2. The van der Waals surface area contributed by atoms with Crippen LogP contribution in [-0.4, -0.2) is 48.8 Å². The Bertz CT molecular complexity index is 1240. The van der Waals surface area contributed by atoms with E-state index in [0.717, 1.165) is 38.5 Å². The number of ether oxygens (including phenoxy) is 3. The summed E-state index contributed by atoms with van der Waals surface area (Å²) in [7, 11) is 1.46. The van der Waals surface area contributed by atoms with Gasteiger partial charge in [-0.25, -0.2) is 0 Å². The maximum absolute atomic E-state index is 13.5. The van der Waals surface area contributed by atoms with Gasteiger partial charge in [-0.15, -0.1) is 0 Å². The van der Waals surface area contributed by atoms with E-state index in [0.29, 0.717) is 31.6 Å². The molecule has 240 valence electrons. The van der Waals surface area contributed by atoms with Gasteiger partial charge in [0, 0.05) is 19.3 Å². The van der Waals surface area contributed by atoms with Crippen molar-refractivity contribution in [2.45, 2.75) is 119 Å². The number of methoxy groups -OCH3 is 1. The van der Waals surface area contributed by atoms with Gasteiger partial charge in [-0.1, -0.05) is 39.3 Å². The van der Waals surface area contributed by atoms with Crippen molar-refractivity contribution in [3.05, 3.63) is 11.6 Å². The number of hydrogen-bond acceptors (Lipinski definition) is 7. The first kappa shape index (κ1) is 32.0. The summed E-state index contributed by atoms with van der Waals surface area (Å²) in [5.74, 6) is -1.25. The molecule has 0 bridgehead atoms. The van der Waals surface area contributed by atoms with Gasteiger partial charge in [-0.05, 0) is 105 Å². The van der Waals surface area contributed by atoms with Crippen LogP contribution < -0.4 is 0 Å². The number of carboxylic acids is 1. The van der Waals surface area contributed by atoms with Crippen molar-refractivity contribution in [2.24, 2.45) is 50.2 Å². The van der Waals surface area contributed by atoms with Gasteiger partial charge in [0.2, 0.25) is 0 Å². The third kappa shape index (κ3) is 4.42. The Hall–Kier alpha value is -2.38. The lowest BCUT2D eigenvalue weighted by Gasteiger charge is -2.71. The van der Waals surface area contributed by atoms with Crippen molar-refractivity contribution in [2.75, 3.05) is 13.7 Å². The van der Waals surface area contributed by atoms with Crippen LogP contribution in [0.2, 0.25) is 0 Å². The molecule has 0 aromatic heterocycles. The molecule has 0 aromatic carbocycles. The summed E-state index contributed by atoms with van der Waals surface area (Å²) in [5.41, 5.74) is -1.13. The molecule has 0 amide bonds. The molecule has 8 nitrogen and oxygen atoms in total. The van der Waals surface area contributed by atoms with Crippen LogP contribution in [0.3, 0.4) is 0 Å². The van der Waals surface area contributed by atoms with Gasteiger partial charge in [0.05, 0.1) is 17.9 Å². The average Bonchev–Trinajstić information content (AvgIpc) is 2.93. The summed E-state index contributed by atoms with van der Waals surface area (Å²) in [6, 6.07) is 0. The number of hydrogen-bond donors (Lipinski definition) is 1. The van der Waals surface area contributed by atoms with Crippen LogP contribution in [0, 0.1) is 50.2 Å². The third-order valence-corrected chi connectivity index (χ3v) is 14.2. The lowest BCUT2D eigenvalue weighted by Crippen LogP contribution is -2.66. The summed E-state index contributed by atoms with van der Waals surface area (Å²) in [4.78, 5) is 50.1. The smallest absolute Gasteiger partial charge is 0.312 e. The fourth-order valence-electron chi connectivity index (χ4n) is 11.5. The Kier molecular flexibility index (Phi) is 7.70. The molecule has 1 N–H and O–H groups in total. The molecule has 0 aliphatic heterocycles. The zero-order valence-corrected chi connectivity index (χ0v) is 27.5. The molecular weight excluding hydrogens is 548 g/mol. The predicted octanol–water partition coefficient (Wildman–Crippen LogP) is 6.50. The van der Waals surface area contributed by atoms with Crippen LogP contribution in [0.1, 0.15) is 113 Å². The fraction of sp³-hybridized carbons (Fsp3) is 0.829. The minimum atomic E-state index is -0.879. The van der Waals surface area contributed by atoms with E-state index in [1.165, 1.54) is 26.5 Å². The quantitative estimate of drug-likeness (QED) is 0.216. The SMILES string of the molecule is COC(=O)[C@]12CC[C@](C)(C(=O)O)C[C@H]1C1=CC[C@@H]3[C@@]4(C)CCC(OC(C)=O)[C@@](C)(COC(C)=O)[C@@H]4CC[C@@]3(C)[C@]1(C)CC2. The Morgan fingerprint density at radius 3 is 2.16 bits per heavy atom. The summed E-state index contributed by atoms with van der Waals surface area (Å²) in [6.07, 6.45) is 9.46. The second-order valence-electron chi connectivity index (χ2n) is 16.0. The first-order valence-electron chi connectivity index (χ1n) is 16.3. The number of carbonyl (C=O) groups is 4. The molecule has 0 heterocycles. The van der Waals surface area contributed by atoms with E-state index in [-0.39, 0.29) is 58.7 Å². The van der Waals surface area contributed by atoms with Crippen LogP contribution in [0.25, 0.3) is 0 Å². The van der Waals surface area contributed by atoms with Crippen molar-refractivity contribution in [1.82, 2.24) is 0 Å². The normalized spacial score (nSPS) is 46.9. The topological polar surface area (TPSA) is 116 Å². The van der Waals surface area contributed by atoms with Gasteiger partial charge in [0.1, 0.15) is 12.7 Å². The van der Waals surface area contributed by atoms with Gasteiger partial charge in [-0.2, -0.15) is 0 Å². The van der Waals surface area contributed by atoms with Crippen LogP contribution in [-0.2, 0) is 33.4 Å². The number of esters is 3. The highest BCUT2D eigenvalue weighted by Gasteiger charge is 2.70. The van der Waals surface area contributed by atoms with Crippen molar-refractivity contribution < 1.29 is 38.5 Å². The Morgan fingerprint density at radius 2 is 1.56 bits per heavy atom. The van der Waals surface area contributed by atoms with Gasteiger partial charge in [-0.3, -0.25) is 19.2 Å². The summed E-state index contributed by atoms with van der Waals surface area (Å²) < 4.78 is 17.0. The third-order valence-electron chi connectivity index (χ3n) is 14.2. The minimum Gasteiger partial charge on any atom is -0.481 e. The summed E-state index contributed by atoms with van der Waals surface area (Å²) >= 11 is 0. The molecule has 0 aromatic rings. The van der Waals surface area contributed by atoms with Gasteiger partial charge in [0.15, 0.2) is 0 Å². The zero-order valence-electron chi connectivity index (χ0n) is 27.5. The number of carboxylic acid groups (broad SMARTS) is 1. The molecular formula is C35H52O8. The predicted molar refractivity (Wildman–Crippen MR) is 160 cm³/mol. The lowest BCUT2D eigenvalue weighted by atomic mass is 9.33. The second-order valence-corrected chi connectivity index (χ2v) is 16.0. The molecule has 8 heteroatoms. The molecule has 43 heavy (non-hydrogen) atoms. The van der Waals surface area contributed by atoms with Crippen molar-refractivity contribution >= 4 is 23.9 Å². The summed E-state index contributed by atoms with van der Waals surface area (Å²) in [6.45, 7) is 14.3. The number of rotatable bonds is 5. The molecule has 5 aliphatic carbocycles.